The van der Waals surface area contributed by atoms with Crippen LogP contribution in [0.4, 0.5) is 11.5 Å². The Hall–Kier alpha value is -1.52. The molecule has 0 fully saturated rings. The van der Waals surface area contributed by atoms with E-state index in [0.29, 0.717) is 23.8 Å². The molecule has 1 aromatic heterocycles. The van der Waals surface area contributed by atoms with E-state index in [1.54, 1.807) is 11.7 Å². The topological polar surface area (TPSA) is 72.9 Å². The average Bonchev–Trinajstić information content (AvgIpc) is 2.31. The number of amides is 1. The summed E-state index contributed by atoms with van der Waals surface area (Å²) in [6.07, 6.45) is 0.490. The molecule has 0 aliphatic rings. The van der Waals surface area contributed by atoms with E-state index >= 15 is 0 Å². The van der Waals surface area contributed by atoms with Gasteiger partial charge < -0.3 is 11.1 Å². The molecule has 5 heteroatoms. The first-order valence-electron chi connectivity index (χ1n) is 5.00. The van der Waals surface area contributed by atoms with Crippen LogP contribution in [0.25, 0.3) is 0 Å². The number of rotatable bonds is 3. The van der Waals surface area contributed by atoms with Crippen molar-refractivity contribution in [2.24, 2.45) is 13.0 Å². The van der Waals surface area contributed by atoms with Crippen molar-refractivity contribution in [3.8, 4) is 0 Å². The first kappa shape index (κ1) is 11.6. The van der Waals surface area contributed by atoms with Gasteiger partial charge >= 0.3 is 0 Å². The van der Waals surface area contributed by atoms with Crippen LogP contribution in [0.2, 0.25) is 0 Å². The normalized spacial score (nSPS) is 10.7. The van der Waals surface area contributed by atoms with Crippen molar-refractivity contribution in [2.45, 2.75) is 27.2 Å². The lowest BCUT2D eigenvalue weighted by Crippen LogP contribution is -2.17. The third-order valence-electron chi connectivity index (χ3n) is 2.12. The molecular formula is C10H18N4O. The Kier molecular flexibility index (Phi) is 3.34. The minimum atomic E-state index is -0.0281. The van der Waals surface area contributed by atoms with Crippen molar-refractivity contribution in [1.29, 1.82) is 0 Å². The van der Waals surface area contributed by atoms with E-state index in [0.717, 1.165) is 5.69 Å². The molecular weight excluding hydrogens is 192 g/mol. The molecule has 0 saturated carbocycles. The lowest BCUT2D eigenvalue weighted by molar-refractivity contribution is -0.116. The van der Waals surface area contributed by atoms with Gasteiger partial charge in [0.15, 0.2) is 5.82 Å². The molecule has 0 aromatic carbocycles. The van der Waals surface area contributed by atoms with Crippen LogP contribution in [0.3, 0.4) is 0 Å². The Morgan fingerprint density at radius 3 is 2.60 bits per heavy atom. The number of nitrogens with zero attached hydrogens (tertiary/aromatic N) is 2. The minimum Gasteiger partial charge on any atom is -0.394 e. The molecule has 0 spiro atoms. The predicted molar refractivity (Wildman–Crippen MR) is 60.4 cm³/mol. The van der Waals surface area contributed by atoms with Crippen molar-refractivity contribution in [3.63, 3.8) is 0 Å². The number of aryl methyl sites for hydroxylation is 2. The average molecular weight is 210 g/mol. The maximum atomic E-state index is 11.5. The van der Waals surface area contributed by atoms with E-state index in [2.05, 4.69) is 10.4 Å². The van der Waals surface area contributed by atoms with Crippen LogP contribution in [-0.2, 0) is 11.8 Å². The molecule has 0 radical (unpaired) electrons. The van der Waals surface area contributed by atoms with E-state index in [9.17, 15) is 4.79 Å². The van der Waals surface area contributed by atoms with Gasteiger partial charge in [-0.25, -0.2) is 0 Å². The summed E-state index contributed by atoms with van der Waals surface area (Å²) in [6.45, 7) is 5.81. The van der Waals surface area contributed by atoms with E-state index in [4.69, 9.17) is 5.73 Å². The molecule has 1 heterocycles. The van der Waals surface area contributed by atoms with Crippen molar-refractivity contribution in [1.82, 2.24) is 9.78 Å². The molecule has 0 atom stereocenters. The largest absolute Gasteiger partial charge is 0.394 e. The van der Waals surface area contributed by atoms with E-state index in [1.807, 2.05) is 20.8 Å². The summed E-state index contributed by atoms with van der Waals surface area (Å²) in [7, 11) is 1.76. The number of nitrogens with two attached hydrogens (primary N) is 1. The second kappa shape index (κ2) is 4.33. The van der Waals surface area contributed by atoms with Gasteiger partial charge in [0.1, 0.15) is 0 Å². The highest BCUT2D eigenvalue weighted by atomic mass is 16.1. The fourth-order valence-electron chi connectivity index (χ4n) is 1.38. The number of hydrogen-bond acceptors (Lipinski definition) is 3. The molecule has 3 N–H and O–H groups in total. The lowest BCUT2D eigenvalue weighted by Gasteiger charge is -2.07. The molecule has 0 bridgehead atoms. The van der Waals surface area contributed by atoms with Crippen LogP contribution in [0.1, 0.15) is 26.0 Å². The Balaban J connectivity index is 2.76. The zero-order chi connectivity index (χ0) is 11.6. The fourth-order valence-corrected chi connectivity index (χ4v) is 1.38. The number of anilines is 2. The van der Waals surface area contributed by atoms with Gasteiger partial charge in [-0.05, 0) is 12.8 Å². The SMILES string of the molecule is Cc1nn(C)c(NC(=O)CC(C)C)c1N. The van der Waals surface area contributed by atoms with Gasteiger partial charge in [0.25, 0.3) is 0 Å². The summed E-state index contributed by atoms with van der Waals surface area (Å²) >= 11 is 0. The second-order valence-corrected chi connectivity index (χ2v) is 4.12. The number of carbonyl (C=O) groups is 1. The number of hydrogen-bond donors (Lipinski definition) is 2. The van der Waals surface area contributed by atoms with Crippen LogP contribution >= 0.6 is 0 Å². The van der Waals surface area contributed by atoms with Crippen LogP contribution in [-0.4, -0.2) is 15.7 Å². The van der Waals surface area contributed by atoms with Crippen molar-refractivity contribution < 1.29 is 4.79 Å². The van der Waals surface area contributed by atoms with Gasteiger partial charge in [0, 0.05) is 13.5 Å². The maximum Gasteiger partial charge on any atom is 0.225 e. The minimum absolute atomic E-state index is 0.0281. The van der Waals surface area contributed by atoms with Crippen molar-refractivity contribution in [2.75, 3.05) is 11.1 Å². The van der Waals surface area contributed by atoms with Crippen molar-refractivity contribution in [3.05, 3.63) is 5.69 Å². The van der Waals surface area contributed by atoms with Gasteiger partial charge in [-0.15, -0.1) is 0 Å². The number of carbonyl (C=O) groups excluding carboxylic acids is 1. The monoisotopic (exact) mass is 210 g/mol. The number of nitrogen functional groups attached to an aromatic ring is 1. The van der Waals surface area contributed by atoms with Gasteiger partial charge in [-0.2, -0.15) is 5.10 Å². The lowest BCUT2D eigenvalue weighted by atomic mass is 10.1. The Bertz CT molecular complexity index is 368. The van der Waals surface area contributed by atoms with Gasteiger partial charge in [-0.1, -0.05) is 13.8 Å². The molecule has 1 amide bonds. The van der Waals surface area contributed by atoms with Crippen LogP contribution in [0.15, 0.2) is 0 Å². The summed E-state index contributed by atoms with van der Waals surface area (Å²) in [5.41, 5.74) is 7.05. The van der Waals surface area contributed by atoms with Crippen LogP contribution in [0.5, 0.6) is 0 Å². The van der Waals surface area contributed by atoms with E-state index in [-0.39, 0.29) is 5.91 Å². The smallest absolute Gasteiger partial charge is 0.225 e. The van der Waals surface area contributed by atoms with Crippen LogP contribution < -0.4 is 11.1 Å². The molecule has 1 rings (SSSR count). The van der Waals surface area contributed by atoms with E-state index in [1.165, 1.54) is 0 Å². The highest BCUT2D eigenvalue weighted by molar-refractivity contribution is 5.93. The highest BCUT2D eigenvalue weighted by Crippen LogP contribution is 2.21. The maximum absolute atomic E-state index is 11.5. The summed E-state index contributed by atoms with van der Waals surface area (Å²) in [4.78, 5) is 11.5. The number of aromatic nitrogens is 2. The molecule has 84 valence electrons. The zero-order valence-electron chi connectivity index (χ0n) is 9.66. The quantitative estimate of drug-likeness (QED) is 0.789. The molecule has 0 aliphatic carbocycles. The first-order chi connectivity index (χ1) is 6.91. The molecule has 0 saturated heterocycles. The molecule has 15 heavy (non-hydrogen) atoms. The Morgan fingerprint density at radius 2 is 2.20 bits per heavy atom. The highest BCUT2D eigenvalue weighted by Gasteiger charge is 2.13. The third-order valence-corrected chi connectivity index (χ3v) is 2.12. The predicted octanol–water partition coefficient (Wildman–Crippen LogP) is 1.30. The molecule has 0 aliphatic heterocycles. The standard InChI is InChI=1S/C10H18N4O/c1-6(2)5-8(15)12-10-9(11)7(3)13-14(10)4/h6H,5,11H2,1-4H3,(H,12,15). The molecule has 5 nitrogen and oxygen atoms in total. The Labute approximate surface area is 89.6 Å². The summed E-state index contributed by atoms with van der Waals surface area (Å²) in [6, 6.07) is 0. The Morgan fingerprint density at radius 1 is 1.60 bits per heavy atom. The second-order valence-electron chi connectivity index (χ2n) is 4.12. The first-order valence-corrected chi connectivity index (χ1v) is 5.00. The van der Waals surface area contributed by atoms with Gasteiger partial charge in [0.05, 0.1) is 11.4 Å². The number of nitrogens with one attached hydrogen (secondary N) is 1. The summed E-state index contributed by atoms with van der Waals surface area (Å²) in [5, 5.41) is 6.89. The van der Waals surface area contributed by atoms with Crippen molar-refractivity contribution >= 4 is 17.4 Å². The van der Waals surface area contributed by atoms with Gasteiger partial charge in [-0.3, -0.25) is 9.48 Å². The summed E-state index contributed by atoms with van der Waals surface area (Å²) < 4.78 is 1.59. The zero-order valence-corrected chi connectivity index (χ0v) is 9.66. The third kappa shape index (κ3) is 2.71. The summed E-state index contributed by atoms with van der Waals surface area (Å²) in [5.74, 6) is 0.887. The van der Waals surface area contributed by atoms with Crippen LogP contribution in [0, 0.1) is 12.8 Å². The molecule has 1 aromatic rings. The molecule has 0 unspecified atom stereocenters. The van der Waals surface area contributed by atoms with Gasteiger partial charge in [0.2, 0.25) is 5.91 Å². The van der Waals surface area contributed by atoms with E-state index < -0.39 is 0 Å². The fraction of sp³-hybridized carbons (Fsp3) is 0.600.